The molecule has 0 saturated carbocycles. The number of fused-ring (bicyclic) bond motifs is 1. The molecule has 2 amide bonds. The minimum absolute atomic E-state index is 0.111. The predicted octanol–water partition coefficient (Wildman–Crippen LogP) is 5.15. The van der Waals surface area contributed by atoms with Gasteiger partial charge in [0.05, 0.1) is 11.4 Å². The number of ether oxygens (including phenoxy) is 2. The number of aliphatic imine (C=N–C) groups is 1. The molecular weight excluding hydrogens is 462 g/mol. The lowest BCUT2D eigenvalue weighted by Crippen LogP contribution is -2.31. The Morgan fingerprint density at radius 3 is 2.63 bits per heavy atom. The topological polar surface area (TPSA) is 80.2 Å². The number of nitrogens with zero attached hydrogens (tertiary/aromatic N) is 2. The first-order valence-electron chi connectivity index (χ1n) is 11.1. The van der Waals surface area contributed by atoms with Gasteiger partial charge in [-0.1, -0.05) is 53.7 Å². The molecule has 0 aliphatic carbocycles. The van der Waals surface area contributed by atoms with E-state index in [2.05, 4.69) is 10.3 Å². The Balaban J connectivity index is 1.39. The van der Waals surface area contributed by atoms with E-state index in [0.29, 0.717) is 22.4 Å². The number of hydrogen-bond acceptors (Lipinski definition) is 6. The highest BCUT2D eigenvalue weighted by molar-refractivity contribution is 8.14. The van der Waals surface area contributed by atoms with Gasteiger partial charge in [-0.3, -0.25) is 14.5 Å². The lowest BCUT2D eigenvalue weighted by atomic mass is 10.1. The number of carbonyl (C=O) groups is 2. The van der Waals surface area contributed by atoms with Gasteiger partial charge in [0.15, 0.2) is 16.7 Å². The van der Waals surface area contributed by atoms with Crippen LogP contribution in [0, 0.1) is 13.8 Å². The van der Waals surface area contributed by atoms with Crippen molar-refractivity contribution in [3.8, 4) is 11.5 Å². The van der Waals surface area contributed by atoms with Crippen LogP contribution >= 0.6 is 11.8 Å². The van der Waals surface area contributed by atoms with Crippen LogP contribution in [0.15, 0.2) is 77.4 Å². The molecule has 2 aliphatic heterocycles. The maximum Gasteiger partial charge on any atom is 0.283 e. The summed E-state index contributed by atoms with van der Waals surface area (Å²) in [7, 11) is 0. The molecule has 0 atom stereocenters. The fourth-order valence-electron chi connectivity index (χ4n) is 3.70. The standard InChI is InChI=1S/C27H23N3O4S/c1-17-7-10-20(11-8-17)30-26(32)22(13-19-9-12-23-24(14-19)34-16-33-23)29-27(30)35-15-25(31)28-21-6-4-3-5-18(21)2/h3-14H,15-16H2,1-2H3,(H,28,31). The summed E-state index contributed by atoms with van der Waals surface area (Å²) in [5.41, 5.74) is 4.58. The van der Waals surface area contributed by atoms with Crippen LogP contribution in [0.25, 0.3) is 6.08 Å². The number of amides is 2. The summed E-state index contributed by atoms with van der Waals surface area (Å²) in [5, 5.41) is 3.37. The van der Waals surface area contributed by atoms with E-state index in [-0.39, 0.29) is 30.1 Å². The first kappa shape index (κ1) is 22.7. The zero-order valence-corrected chi connectivity index (χ0v) is 20.1. The average molecular weight is 486 g/mol. The van der Waals surface area contributed by atoms with Crippen LogP contribution in [0.2, 0.25) is 0 Å². The van der Waals surface area contributed by atoms with Gasteiger partial charge < -0.3 is 14.8 Å². The largest absolute Gasteiger partial charge is 0.454 e. The molecular formula is C27H23N3O4S. The molecule has 2 aliphatic rings. The van der Waals surface area contributed by atoms with Crippen molar-refractivity contribution in [2.24, 2.45) is 4.99 Å². The molecule has 7 nitrogen and oxygen atoms in total. The molecule has 0 unspecified atom stereocenters. The molecule has 0 bridgehead atoms. The number of nitrogens with one attached hydrogen (secondary N) is 1. The van der Waals surface area contributed by atoms with Gasteiger partial charge in [0.25, 0.3) is 5.91 Å². The van der Waals surface area contributed by atoms with Crippen molar-refractivity contribution in [3.63, 3.8) is 0 Å². The Kier molecular flexibility index (Phi) is 6.29. The number of amidine groups is 1. The second-order valence-electron chi connectivity index (χ2n) is 8.16. The van der Waals surface area contributed by atoms with Crippen molar-refractivity contribution in [1.29, 1.82) is 0 Å². The van der Waals surface area contributed by atoms with E-state index in [0.717, 1.165) is 22.4 Å². The predicted molar refractivity (Wildman–Crippen MR) is 139 cm³/mol. The first-order chi connectivity index (χ1) is 17.0. The second kappa shape index (κ2) is 9.68. The monoisotopic (exact) mass is 485 g/mol. The normalized spacial score (nSPS) is 15.5. The molecule has 0 saturated heterocycles. The van der Waals surface area contributed by atoms with Gasteiger partial charge in [0, 0.05) is 5.69 Å². The molecule has 0 fully saturated rings. The Hall–Kier alpha value is -4.04. The van der Waals surface area contributed by atoms with Gasteiger partial charge in [0.2, 0.25) is 12.7 Å². The average Bonchev–Trinajstić information content (AvgIpc) is 3.44. The van der Waals surface area contributed by atoms with E-state index < -0.39 is 0 Å². The molecule has 35 heavy (non-hydrogen) atoms. The van der Waals surface area contributed by atoms with Crippen molar-refractivity contribution in [2.45, 2.75) is 13.8 Å². The third-order valence-corrected chi connectivity index (χ3v) is 6.51. The summed E-state index contributed by atoms with van der Waals surface area (Å²) in [6.07, 6.45) is 1.71. The van der Waals surface area contributed by atoms with Crippen LogP contribution in [-0.2, 0) is 9.59 Å². The van der Waals surface area contributed by atoms with E-state index in [1.165, 1.54) is 11.8 Å². The smallest absolute Gasteiger partial charge is 0.283 e. The molecule has 3 aromatic rings. The molecule has 0 spiro atoms. The molecule has 8 heteroatoms. The number of carbonyl (C=O) groups excluding carboxylic acids is 2. The van der Waals surface area contributed by atoms with E-state index in [1.54, 1.807) is 17.0 Å². The number of hydrogen-bond donors (Lipinski definition) is 1. The summed E-state index contributed by atoms with van der Waals surface area (Å²) in [6.45, 7) is 4.11. The van der Waals surface area contributed by atoms with Crippen molar-refractivity contribution in [2.75, 3.05) is 22.8 Å². The maximum absolute atomic E-state index is 13.4. The Morgan fingerprint density at radius 2 is 1.83 bits per heavy atom. The first-order valence-corrected chi connectivity index (χ1v) is 12.1. The molecule has 2 heterocycles. The third kappa shape index (κ3) is 4.93. The van der Waals surface area contributed by atoms with Crippen molar-refractivity contribution in [1.82, 2.24) is 0 Å². The van der Waals surface area contributed by atoms with E-state index in [9.17, 15) is 9.59 Å². The maximum atomic E-state index is 13.4. The highest BCUT2D eigenvalue weighted by Crippen LogP contribution is 2.34. The summed E-state index contributed by atoms with van der Waals surface area (Å²) in [5.74, 6) is 0.988. The molecule has 1 N–H and O–H groups in total. The molecule has 5 rings (SSSR count). The van der Waals surface area contributed by atoms with Crippen molar-refractivity contribution in [3.05, 3.63) is 89.1 Å². The van der Waals surface area contributed by atoms with Crippen LogP contribution < -0.4 is 19.7 Å². The van der Waals surface area contributed by atoms with Gasteiger partial charge in [-0.15, -0.1) is 0 Å². The van der Waals surface area contributed by atoms with E-state index >= 15 is 0 Å². The van der Waals surface area contributed by atoms with Crippen LogP contribution in [0.3, 0.4) is 0 Å². The molecule has 0 aromatic heterocycles. The number of rotatable bonds is 5. The Morgan fingerprint density at radius 1 is 1.06 bits per heavy atom. The Labute approximate surface area is 207 Å². The van der Waals surface area contributed by atoms with Crippen molar-refractivity contribution >= 4 is 46.2 Å². The number of thioether (sulfide) groups is 1. The fraction of sp³-hybridized carbons (Fsp3) is 0.148. The number of anilines is 2. The van der Waals surface area contributed by atoms with Crippen molar-refractivity contribution < 1.29 is 19.1 Å². The van der Waals surface area contributed by atoms with Crippen LogP contribution in [0.5, 0.6) is 11.5 Å². The van der Waals surface area contributed by atoms with Crippen LogP contribution in [-0.4, -0.2) is 29.5 Å². The highest BCUT2D eigenvalue weighted by atomic mass is 32.2. The van der Waals surface area contributed by atoms with E-state index in [4.69, 9.17) is 9.47 Å². The SMILES string of the molecule is Cc1ccc(N2C(=O)C(=Cc3ccc4c(c3)OCO4)N=C2SCC(=O)Nc2ccccc2C)cc1. The summed E-state index contributed by atoms with van der Waals surface area (Å²) in [6, 6.07) is 20.7. The molecule has 0 radical (unpaired) electrons. The molecule has 176 valence electrons. The van der Waals surface area contributed by atoms with Crippen LogP contribution in [0.4, 0.5) is 11.4 Å². The van der Waals surface area contributed by atoms with Gasteiger partial charge in [-0.2, -0.15) is 0 Å². The summed E-state index contributed by atoms with van der Waals surface area (Å²) >= 11 is 1.22. The minimum Gasteiger partial charge on any atom is -0.454 e. The van der Waals surface area contributed by atoms with Gasteiger partial charge in [-0.05, 0) is 61.4 Å². The number of aryl methyl sites for hydroxylation is 2. The van der Waals surface area contributed by atoms with Gasteiger partial charge in [-0.25, -0.2) is 4.99 Å². The summed E-state index contributed by atoms with van der Waals surface area (Å²) < 4.78 is 10.8. The zero-order chi connectivity index (χ0) is 24.4. The number of benzene rings is 3. The Bertz CT molecular complexity index is 1370. The summed E-state index contributed by atoms with van der Waals surface area (Å²) in [4.78, 5) is 32.2. The lowest BCUT2D eigenvalue weighted by molar-refractivity contribution is -0.114. The van der Waals surface area contributed by atoms with Gasteiger partial charge >= 0.3 is 0 Å². The zero-order valence-electron chi connectivity index (χ0n) is 19.3. The van der Waals surface area contributed by atoms with Crippen LogP contribution in [0.1, 0.15) is 16.7 Å². The highest BCUT2D eigenvalue weighted by Gasteiger charge is 2.32. The van der Waals surface area contributed by atoms with E-state index in [1.807, 2.05) is 74.5 Å². The quantitative estimate of drug-likeness (QED) is 0.506. The number of para-hydroxylation sites is 1. The third-order valence-electron chi connectivity index (χ3n) is 5.57. The molecule has 3 aromatic carbocycles. The lowest BCUT2D eigenvalue weighted by Gasteiger charge is -2.18. The van der Waals surface area contributed by atoms with Gasteiger partial charge in [0.1, 0.15) is 5.70 Å². The second-order valence-corrected chi connectivity index (χ2v) is 9.11. The fourth-order valence-corrected chi connectivity index (χ4v) is 4.52. The minimum atomic E-state index is -0.256.